The summed E-state index contributed by atoms with van der Waals surface area (Å²) in [6.45, 7) is 18.5. The zero-order chi connectivity index (χ0) is 32.5. The lowest BCUT2D eigenvalue weighted by Crippen LogP contribution is -2.79. The molecule has 0 bridgehead atoms. The Bertz CT molecular complexity index is 1850. The van der Waals surface area contributed by atoms with Crippen LogP contribution in [0.15, 0.2) is 30.4 Å². The van der Waals surface area contributed by atoms with Gasteiger partial charge in [-0.2, -0.15) is 0 Å². The summed E-state index contributed by atoms with van der Waals surface area (Å²) >= 11 is 7.04. The Labute approximate surface area is 273 Å². The van der Waals surface area contributed by atoms with Crippen LogP contribution < -0.4 is 0 Å². The van der Waals surface area contributed by atoms with Crippen molar-refractivity contribution in [1.82, 2.24) is 4.98 Å². The Balaban J connectivity index is 1.23. The van der Waals surface area contributed by atoms with Crippen molar-refractivity contribution in [2.45, 2.75) is 137 Å². The Kier molecular flexibility index (Phi) is 4.97. The molecule has 3 saturated carbocycles. The molecule has 0 radical (unpaired) electrons. The molecule has 0 unspecified atom stereocenters. The predicted octanol–water partition coefficient (Wildman–Crippen LogP) is 4.78. The number of ether oxygens (including phenoxy) is 3. The Morgan fingerprint density at radius 1 is 1.09 bits per heavy atom. The summed E-state index contributed by atoms with van der Waals surface area (Å²) in [7, 11) is 0. The normalized spacial score (nSPS) is 53.3. The van der Waals surface area contributed by atoms with Gasteiger partial charge < -0.3 is 39.6 Å². The van der Waals surface area contributed by atoms with E-state index in [-0.39, 0.29) is 24.7 Å². The van der Waals surface area contributed by atoms with Crippen LogP contribution in [0, 0.1) is 17.3 Å². The minimum absolute atomic E-state index is 0.0966. The number of aromatic amines is 1. The van der Waals surface area contributed by atoms with Crippen molar-refractivity contribution >= 4 is 22.5 Å². The molecule has 9 heteroatoms. The van der Waals surface area contributed by atoms with E-state index in [9.17, 15) is 20.4 Å². The van der Waals surface area contributed by atoms with Gasteiger partial charge in [0, 0.05) is 49.8 Å². The molecule has 13 atom stereocenters. The molecule has 2 aromatic rings. The van der Waals surface area contributed by atoms with E-state index in [1.807, 2.05) is 26.8 Å². The number of halogens is 1. The summed E-state index contributed by atoms with van der Waals surface area (Å²) in [6, 6.07) is 1.95. The van der Waals surface area contributed by atoms with E-state index in [0.717, 1.165) is 50.9 Å². The molecule has 3 aliphatic heterocycles. The van der Waals surface area contributed by atoms with Crippen molar-refractivity contribution in [2.75, 3.05) is 0 Å². The molecule has 1 aromatic carbocycles. The number of hydrogen-bond donors (Lipinski definition) is 5. The third kappa shape index (κ3) is 2.57. The largest absolute Gasteiger partial charge is 0.387 e. The van der Waals surface area contributed by atoms with Crippen LogP contribution >= 0.6 is 11.6 Å². The first-order chi connectivity index (χ1) is 21.4. The van der Waals surface area contributed by atoms with Crippen LogP contribution in [0.2, 0.25) is 5.02 Å². The SMILES string of the molecule is C=C(C)[C@H]1O[C@H]2CC[C@@]3(C)[C@@](O)(CC[C@@]4(O)[C@@H]5OC(C)(C)[C@H]6C[C@@H]7C(=C)Cc8c(Cl)cc9[nH]c(c5c9c8[C@@]76O)[C@]34C)[C@]23O[C@@H]3[C@H]1O. The van der Waals surface area contributed by atoms with Crippen LogP contribution in [-0.4, -0.2) is 72.2 Å². The molecule has 2 saturated heterocycles. The van der Waals surface area contributed by atoms with Gasteiger partial charge >= 0.3 is 0 Å². The second-order valence-corrected chi connectivity index (χ2v) is 17.6. The fraction of sp³-hybridized carbons (Fsp3) is 0.676. The first kappa shape index (κ1) is 29.2. The summed E-state index contributed by atoms with van der Waals surface area (Å²) in [5.41, 5.74) is -1.85. The molecule has 246 valence electrons. The Hall–Kier alpha value is -1.75. The van der Waals surface area contributed by atoms with Gasteiger partial charge in [0.2, 0.25) is 0 Å². The molecule has 5 aliphatic carbocycles. The highest BCUT2D eigenvalue weighted by molar-refractivity contribution is 6.32. The van der Waals surface area contributed by atoms with E-state index in [1.54, 1.807) is 0 Å². The zero-order valence-corrected chi connectivity index (χ0v) is 27.9. The Morgan fingerprint density at radius 2 is 1.83 bits per heavy atom. The molecule has 1 spiro atoms. The van der Waals surface area contributed by atoms with Gasteiger partial charge in [-0.25, -0.2) is 0 Å². The zero-order valence-electron chi connectivity index (χ0n) is 27.2. The number of benzene rings is 1. The van der Waals surface area contributed by atoms with E-state index >= 15 is 0 Å². The number of epoxide rings is 1. The fourth-order valence-electron chi connectivity index (χ4n) is 12.9. The van der Waals surface area contributed by atoms with Crippen LogP contribution in [0.5, 0.6) is 0 Å². The maximum Gasteiger partial charge on any atom is 0.153 e. The lowest BCUT2D eigenvalue weighted by molar-refractivity contribution is -0.317. The van der Waals surface area contributed by atoms with Gasteiger partial charge in [-0.1, -0.05) is 44.2 Å². The van der Waals surface area contributed by atoms with Gasteiger partial charge in [0.05, 0.1) is 11.7 Å². The quantitative estimate of drug-likeness (QED) is 0.222. The second-order valence-electron chi connectivity index (χ2n) is 17.1. The number of H-pyrrole nitrogens is 1. The molecule has 46 heavy (non-hydrogen) atoms. The molecular weight excluding hydrogens is 606 g/mol. The minimum Gasteiger partial charge on any atom is -0.387 e. The van der Waals surface area contributed by atoms with Gasteiger partial charge in [0.15, 0.2) is 5.60 Å². The molecule has 5 N–H and O–H groups in total. The molecule has 4 heterocycles. The maximum absolute atomic E-state index is 13.3. The number of hydrogen-bond acceptors (Lipinski definition) is 7. The third-order valence-electron chi connectivity index (χ3n) is 15.4. The monoisotopic (exact) mass is 649 g/mol. The van der Waals surface area contributed by atoms with Gasteiger partial charge in [-0.15, -0.1) is 0 Å². The summed E-state index contributed by atoms with van der Waals surface area (Å²) in [5.74, 6) is -0.321. The van der Waals surface area contributed by atoms with Crippen LogP contribution in [0.1, 0.15) is 95.2 Å². The highest BCUT2D eigenvalue weighted by atomic mass is 35.5. The highest BCUT2D eigenvalue weighted by Gasteiger charge is 2.89. The molecular formula is C37H44ClNO7. The average molecular weight is 650 g/mol. The van der Waals surface area contributed by atoms with Gasteiger partial charge in [0.1, 0.15) is 41.2 Å². The minimum atomic E-state index is -1.42. The summed E-state index contributed by atoms with van der Waals surface area (Å²) in [6.07, 6.45) is -0.184. The molecule has 0 amide bonds. The van der Waals surface area contributed by atoms with Crippen molar-refractivity contribution in [3.05, 3.63) is 57.8 Å². The van der Waals surface area contributed by atoms with Gasteiger partial charge in [-0.3, -0.25) is 0 Å². The van der Waals surface area contributed by atoms with Crippen molar-refractivity contribution in [2.24, 2.45) is 17.3 Å². The van der Waals surface area contributed by atoms with E-state index in [4.69, 9.17) is 25.8 Å². The first-order valence-corrected chi connectivity index (χ1v) is 17.4. The lowest BCUT2D eigenvalue weighted by atomic mass is 9.39. The fourth-order valence-corrected chi connectivity index (χ4v) is 13.1. The van der Waals surface area contributed by atoms with E-state index in [2.05, 4.69) is 32.0 Å². The molecule has 5 fully saturated rings. The van der Waals surface area contributed by atoms with Crippen LogP contribution in [0.4, 0.5) is 0 Å². The average Bonchev–Trinajstić information content (AvgIpc) is 3.60. The van der Waals surface area contributed by atoms with Crippen LogP contribution in [0.3, 0.4) is 0 Å². The summed E-state index contributed by atoms with van der Waals surface area (Å²) in [5, 5.41) is 52.2. The molecule has 8 aliphatic rings. The molecule has 8 nitrogen and oxygen atoms in total. The van der Waals surface area contributed by atoms with E-state index in [1.165, 1.54) is 0 Å². The van der Waals surface area contributed by atoms with Crippen molar-refractivity contribution in [3.8, 4) is 0 Å². The first-order valence-electron chi connectivity index (χ1n) is 17.0. The van der Waals surface area contributed by atoms with Crippen molar-refractivity contribution in [3.63, 3.8) is 0 Å². The number of fused-ring (bicyclic) bond motifs is 5. The highest BCUT2D eigenvalue weighted by Crippen LogP contribution is 2.79. The van der Waals surface area contributed by atoms with E-state index < -0.39 is 69.4 Å². The number of aliphatic hydroxyl groups is 4. The van der Waals surface area contributed by atoms with Crippen LogP contribution in [-0.2, 0) is 31.6 Å². The second kappa shape index (κ2) is 7.84. The van der Waals surface area contributed by atoms with Gasteiger partial charge in [-0.05, 0) is 82.1 Å². The molecule has 10 rings (SSSR count). The Morgan fingerprint density at radius 3 is 2.54 bits per heavy atom. The standard InChI is InChI=1S/C37H44ClNO7/c1-15(2)27-26(40)30-37(46-30)22(44-27)8-9-32(6)33(7)28-24-23-20(39-28)14-19(38)17-12-16(3)18-13-21(36(18,43)25(17)23)31(4,5)45-29(24)34(33,41)10-11-35(32,37)42/h14,18,21-22,26-27,29-30,39-43H,1,3,8-13H2,2,4-7H3/t18-,21-,22+,26+,27-,29-,30-,32-,33-,34-,35+,36-,37+/m1/s1. The van der Waals surface area contributed by atoms with Crippen molar-refractivity contribution < 1.29 is 34.6 Å². The predicted molar refractivity (Wildman–Crippen MR) is 170 cm³/mol. The van der Waals surface area contributed by atoms with Gasteiger partial charge in [0.25, 0.3) is 0 Å². The topological polar surface area (TPSA) is 128 Å². The van der Waals surface area contributed by atoms with Crippen LogP contribution in [0.25, 0.3) is 10.9 Å². The smallest absolute Gasteiger partial charge is 0.153 e. The molecule has 1 aromatic heterocycles. The number of rotatable bonds is 1. The summed E-state index contributed by atoms with van der Waals surface area (Å²) in [4.78, 5) is 3.73. The summed E-state index contributed by atoms with van der Waals surface area (Å²) < 4.78 is 20.1. The number of aliphatic hydroxyl groups excluding tert-OH is 1. The third-order valence-corrected chi connectivity index (χ3v) is 15.7. The number of nitrogens with one attached hydrogen (secondary N) is 1. The number of aromatic nitrogens is 1. The van der Waals surface area contributed by atoms with E-state index in [0.29, 0.717) is 24.3 Å². The van der Waals surface area contributed by atoms with Crippen molar-refractivity contribution in [1.29, 1.82) is 0 Å². The maximum atomic E-state index is 13.3. The lowest BCUT2D eigenvalue weighted by Gasteiger charge is -2.68.